The zero-order valence-electron chi connectivity index (χ0n) is 15.4. The number of nitrogens with one attached hydrogen (secondary N) is 2. The van der Waals surface area contributed by atoms with Crippen molar-refractivity contribution in [3.8, 4) is 0 Å². The molecule has 3 heterocycles. The van der Waals surface area contributed by atoms with Gasteiger partial charge in [-0.25, -0.2) is 4.98 Å². The number of aryl methyl sites for hydroxylation is 1. The number of amides is 5. The first-order valence-corrected chi connectivity index (χ1v) is 8.90. The van der Waals surface area contributed by atoms with E-state index in [1.807, 2.05) is 0 Å². The van der Waals surface area contributed by atoms with Gasteiger partial charge in [0.05, 0.1) is 16.8 Å². The quantitative estimate of drug-likeness (QED) is 0.709. The lowest BCUT2D eigenvalue weighted by atomic mass is 10.0. The fourth-order valence-corrected chi connectivity index (χ4v) is 3.51. The molecule has 1 unspecified atom stereocenters. The Labute approximate surface area is 164 Å². The van der Waals surface area contributed by atoms with Gasteiger partial charge in [0.2, 0.25) is 17.6 Å². The van der Waals surface area contributed by atoms with Gasteiger partial charge in [-0.3, -0.25) is 34.2 Å². The molecule has 0 spiro atoms. The number of benzene rings is 1. The summed E-state index contributed by atoms with van der Waals surface area (Å²) in [5, 5.41) is 4.79. The molecule has 1 saturated heterocycles. The van der Waals surface area contributed by atoms with Crippen LogP contribution in [0, 0.1) is 6.92 Å². The third kappa shape index (κ3) is 3.08. The lowest BCUT2D eigenvalue weighted by Crippen LogP contribution is -2.54. The van der Waals surface area contributed by atoms with Gasteiger partial charge in [-0.1, -0.05) is 12.1 Å². The number of carbonyl (C=O) groups excluding carboxylic acids is 5. The molecule has 0 bridgehead atoms. The first-order chi connectivity index (χ1) is 13.9. The molecule has 1 aromatic carbocycles. The van der Waals surface area contributed by atoms with Crippen molar-refractivity contribution in [3.05, 3.63) is 52.7 Å². The third-order valence-electron chi connectivity index (χ3n) is 4.95. The minimum Gasteiger partial charge on any atom is -0.438 e. The monoisotopic (exact) mass is 396 g/mol. The second-order valence-corrected chi connectivity index (χ2v) is 6.74. The Morgan fingerprint density at radius 3 is 2.76 bits per heavy atom. The highest BCUT2D eigenvalue weighted by molar-refractivity contribution is 6.24. The van der Waals surface area contributed by atoms with Crippen LogP contribution in [0.25, 0.3) is 0 Å². The van der Waals surface area contributed by atoms with Gasteiger partial charge in [0.25, 0.3) is 17.7 Å². The van der Waals surface area contributed by atoms with Crippen LogP contribution in [0.2, 0.25) is 0 Å². The predicted molar refractivity (Wildman–Crippen MR) is 95.5 cm³/mol. The summed E-state index contributed by atoms with van der Waals surface area (Å²) in [4.78, 5) is 66.3. The smallest absolute Gasteiger partial charge is 0.289 e. The van der Waals surface area contributed by atoms with Gasteiger partial charge >= 0.3 is 0 Å². The van der Waals surface area contributed by atoms with Crippen molar-refractivity contribution in [1.82, 2.24) is 20.5 Å². The van der Waals surface area contributed by atoms with Crippen LogP contribution >= 0.6 is 0 Å². The molecule has 2 aliphatic rings. The number of carbonyl (C=O) groups is 5. The molecule has 5 amide bonds. The van der Waals surface area contributed by atoms with Gasteiger partial charge in [-0.05, 0) is 25.0 Å². The molecule has 0 radical (unpaired) electrons. The third-order valence-corrected chi connectivity index (χ3v) is 4.95. The topological polar surface area (TPSA) is 139 Å². The number of piperidine rings is 1. The Bertz CT molecular complexity index is 1070. The minimum atomic E-state index is -1.04. The molecule has 1 aromatic heterocycles. The van der Waals surface area contributed by atoms with Crippen LogP contribution in [-0.4, -0.2) is 45.5 Å². The van der Waals surface area contributed by atoms with E-state index in [1.165, 1.54) is 6.07 Å². The van der Waals surface area contributed by atoms with E-state index < -0.39 is 35.6 Å². The zero-order valence-corrected chi connectivity index (χ0v) is 15.4. The van der Waals surface area contributed by atoms with Crippen LogP contribution in [0.5, 0.6) is 0 Å². The SMILES string of the molecule is Cc1ncoc1C(=O)NCc1cccc2c1C(=O)N(C1CCC(=O)NC1=O)C2=O. The molecule has 10 heteroatoms. The maximum Gasteiger partial charge on any atom is 0.289 e. The van der Waals surface area contributed by atoms with E-state index in [0.29, 0.717) is 11.3 Å². The van der Waals surface area contributed by atoms with Crippen molar-refractivity contribution in [3.63, 3.8) is 0 Å². The number of imide groups is 2. The van der Waals surface area contributed by atoms with Crippen molar-refractivity contribution in [2.24, 2.45) is 0 Å². The zero-order chi connectivity index (χ0) is 20.7. The molecule has 29 heavy (non-hydrogen) atoms. The first kappa shape index (κ1) is 18.5. The normalized spacial score (nSPS) is 18.7. The van der Waals surface area contributed by atoms with Crippen molar-refractivity contribution < 1.29 is 28.4 Å². The van der Waals surface area contributed by atoms with E-state index in [0.717, 1.165) is 11.3 Å². The van der Waals surface area contributed by atoms with E-state index in [2.05, 4.69) is 15.6 Å². The Kier molecular flexibility index (Phi) is 4.45. The molecule has 148 valence electrons. The van der Waals surface area contributed by atoms with Crippen LogP contribution in [0.3, 0.4) is 0 Å². The number of hydrogen-bond acceptors (Lipinski definition) is 7. The molecule has 2 N–H and O–H groups in total. The molecule has 2 aliphatic heterocycles. The minimum absolute atomic E-state index is 0.0235. The molecule has 1 atom stereocenters. The summed E-state index contributed by atoms with van der Waals surface area (Å²) in [6.07, 6.45) is 1.28. The number of hydrogen-bond donors (Lipinski definition) is 2. The van der Waals surface area contributed by atoms with Gasteiger partial charge < -0.3 is 9.73 Å². The maximum atomic E-state index is 13.0. The molecular formula is C19H16N4O6. The Balaban J connectivity index is 1.58. The van der Waals surface area contributed by atoms with E-state index in [9.17, 15) is 24.0 Å². The standard InChI is InChI=1S/C19H16N4O6/c1-9-15(29-8-21-9)17(26)20-7-10-3-2-4-11-14(10)19(28)23(18(11)27)12-5-6-13(24)22-16(12)25/h2-4,8,12H,5-7H2,1H3,(H,20,26)(H,22,24,25). The van der Waals surface area contributed by atoms with Crippen molar-refractivity contribution in [2.45, 2.75) is 32.4 Å². The predicted octanol–water partition coefficient (Wildman–Crippen LogP) is 0.314. The summed E-state index contributed by atoms with van der Waals surface area (Å²) >= 11 is 0. The van der Waals surface area contributed by atoms with Crippen molar-refractivity contribution in [1.29, 1.82) is 0 Å². The summed E-state index contributed by atoms with van der Waals surface area (Å²) in [5.41, 5.74) is 1.15. The highest BCUT2D eigenvalue weighted by Gasteiger charge is 2.45. The average molecular weight is 396 g/mol. The summed E-state index contributed by atoms with van der Waals surface area (Å²) in [6, 6.07) is 3.66. The summed E-state index contributed by atoms with van der Waals surface area (Å²) in [5.74, 6) is -2.78. The van der Waals surface area contributed by atoms with E-state index in [1.54, 1.807) is 19.1 Å². The fraction of sp³-hybridized carbons (Fsp3) is 0.263. The van der Waals surface area contributed by atoms with Gasteiger partial charge in [0.1, 0.15) is 6.04 Å². The number of oxazole rings is 1. The molecule has 0 saturated carbocycles. The van der Waals surface area contributed by atoms with Crippen LogP contribution < -0.4 is 10.6 Å². The highest BCUT2D eigenvalue weighted by atomic mass is 16.3. The fourth-order valence-electron chi connectivity index (χ4n) is 3.51. The van der Waals surface area contributed by atoms with Crippen LogP contribution in [0.15, 0.2) is 29.0 Å². The second kappa shape index (κ2) is 6.97. The summed E-state index contributed by atoms with van der Waals surface area (Å²) < 4.78 is 5.04. The largest absolute Gasteiger partial charge is 0.438 e. The molecule has 1 fully saturated rings. The van der Waals surface area contributed by atoms with Crippen LogP contribution in [0.4, 0.5) is 0 Å². The number of fused-ring (bicyclic) bond motifs is 1. The van der Waals surface area contributed by atoms with Gasteiger partial charge in [0, 0.05) is 13.0 Å². The summed E-state index contributed by atoms with van der Waals surface area (Å²) in [7, 11) is 0. The Morgan fingerprint density at radius 2 is 2.07 bits per heavy atom. The molecule has 0 aliphatic carbocycles. The number of aromatic nitrogens is 1. The summed E-state index contributed by atoms with van der Waals surface area (Å²) in [6.45, 7) is 1.60. The second-order valence-electron chi connectivity index (χ2n) is 6.74. The van der Waals surface area contributed by atoms with Crippen LogP contribution in [0.1, 0.15) is 55.4 Å². The van der Waals surface area contributed by atoms with Crippen molar-refractivity contribution in [2.75, 3.05) is 0 Å². The Morgan fingerprint density at radius 1 is 1.28 bits per heavy atom. The van der Waals surface area contributed by atoms with E-state index >= 15 is 0 Å². The van der Waals surface area contributed by atoms with Gasteiger partial charge in [0.15, 0.2) is 6.39 Å². The lowest BCUT2D eigenvalue weighted by Gasteiger charge is -2.27. The highest BCUT2D eigenvalue weighted by Crippen LogP contribution is 2.29. The lowest BCUT2D eigenvalue weighted by molar-refractivity contribution is -0.136. The first-order valence-electron chi connectivity index (χ1n) is 8.90. The number of nitrogens with zero attached hydrogens (tertiary/aromatic N) is 2. The Hall–Kier alpha value is -3.82. The number of rotatable bonds is 4. The van der Waals surface area contributed by atoms with Crippen molar-refractivity contribution >= 4 is 29.5 Å². The maximum absolute atomic E-state index is 13.0. The molecular weight excluding hydrogens is 380 g/mol. The van der Waals surface area contributed by atoms with E-state index in [-0.39, 0.29) is 36.3 Å². The average Bonchev–Trinajstić information content (AvgIpc) is 3.23. The molecule has 4 rings (SSSR count). The molecule has 2 aromatic rings. The van der Waals surface area contributed by atoms with E-state index in [4.69, 9.17) is 4.42 Å². The van der Waals surface area contributed by atoms with Crippen LogP contribution in [-0.2, 0) is 16.1 Å². The van der Waals surface area contributed by atoms with Gasteiger partial charge in [-0.15, -0.1) is 0 Å². The molecule has 10 nitrogen and oxygen atoms in total. The van der Waals surface area contributed by atoms with Gasteiger partial charge in [-0.2, -0.15) is 0 Å².